The summed E-state index contributed by atoms with van der Waals surface area (Å²) in [7, 11) is 0. The molecule has 1 saturated heterocycles. The van der Waals surface area contributed by atoms with Crippen LogP contribution in [-0.4, -0.2) is 37.6 Å². The van der Waals surface area contributed by atoms with Gasteiger partial charge in [-0.1, -0.05) is 23.4 Å². The van der Waals surface area contributed by atoms with Crippen molar-refractivity contribution in [3.8, 4) is 5.69 Å². The van der Waals surface area contributed by atoms with Crippen LogP contribution in [0, 0.1) is 0 Å². The molecule has 8 heteroatoms. The average Bonchev–Trinajstić information content (AvgIpc) is 3.36. The summed E-state index contributed by atoms with van der Waals surface area (Å²) in [4.78, 5) is 15.8. The number of aromatic nitrogens is 4. The molecule has 3 aromatic rings. The second kappa shape index (κ2) is 6.15. The zero-order valence-corrected chi connectivity index (χ0v) is 12.9. The van der Waals surface area contributed by atoms with Gasteiger partial charge in [-0.2, -0.15) is 5.10 Å². The number of likely N-dealkylation sites (tertiary alicyclic amines) is 1. The van der Waals surface area contributed by atoms with Crippen LogP contribution in [-0.2, 0) is 0 Å². The molecule has 0 aliphatic carbocycles. The van der Waals surface area contributed by atoms with E-state index in [1.165, 1.54) is 17.3 Å². The van der Waals surface area contributed by atoms with Gasteiger partial charge in [0.2, 0.25) is 0 Å². The summed E-state index contributed by atoms with van der Waals surface area (Å²) in [6.45, 7) is 0.677. The van der Waals surface area contributed by atoms with Crippen LogP contribution in [0.3, 0.4) is 0 Å². The number of benzene rings is 1. The Hall–Kier alpha value is -3.16. The number of para-hydroxylation sites is 1. The van der Waals surface area contributed by atoms with Crippen molar-refractivity contribution in [3.05, 3.63) is 54.6 Å². The molecule has 0 spiro atoms. The lowest BCUT2D eigenvalue weighted by Crippen LogP contribution is -2.34. The number of hydrogen-bond acceptors (Lipinski definition) is 5. The van der Waals surface area contributed by atoms with E-state index >= 15 is 0 Å². The minimum absolute atomic E-state index is 0.0621. The Bertz CT molecular complexity index is 814. The lowest BCUT2D eigenvalue weighted by atomic mass is 10.1. The quantitative estimate of drug-likeness (QED) is 0.800. The first kappa shape index (κ1) is 14.4. The van der Waals surface area contributed by atoms with Crippen molar-refractivity contribution in [1.82, 2.24) is 25.1 Å². The van der Waals surface area contributed by atoms with E-state index in [2.05, 4.69) is 20.7 Å². The van der Waals surface area contributed by atoms with Gasteiger partial charge in [-0.05, 0) is 25.0 Å². The minimum atomic E-state index is -0.208. The number of rotatable bonds is 3. The Kier molecular flexibility index (Phi) is 3.70. The highest BCUT2D eigenvalue weighted by molar-refractivity contribution is 5.88. The number of nitrogens with one attached hydrogen (secondary N) is 1. The summed E-state index contributed by atoms with van der Waals surface area (Å²) < 4.78 is 4.89. The fraction of sp³-hybridized carbons (Fsp3) is 0.250. The third-order valence-corrected chi connectivity index (χ3v) is 4.03. The Morgan fingerprint density at radius 1 is 1.25 bits per heavy atom. The topological polar surface area (TPSA) is 89.1 Å². The molecule has 1 aliphatic rings. The van der Waals surface area contributed by atoms with Gasteiger partial charge in [-0.25, -0.2) is 4.79 Å². The van der Waals surface area contributed by atoms with Crippen molar-refractivity contribution in [1.29, 1.82) is 0 Å². The molecule has 8 nitrogen and oxygen atoms in total. The Labute approximate surface area is 138 Å². The standard InChI is InChI=1S/C16H16N6O2/c23-16(21-9-4-7-14(21)13-8-10-24-20-13)18-15-11-17-22(19-15)12-5-2-1-3-6-12/h1-3,5-6,8,10-11,14H,4,7,9H2,(H,18,19,23)/t14-/m0/s1. The minimum Gasteiger partial charge on any atom is -0.364 e. The summed E-state index contributed by atoms with van der Waals surface area (Å²) in [6, 6.07) is 11.1. The SMILES string of the molecule is O=C(Nc1cnn(-c2ccccc2)n1)N1CCC[C@H]1c1ccon1. The van der Waals surface area contributed by atoms with Crippen molar-refractivity contribution < 1.29 is 9.32 Å². The molecule has 1 atom stereocenters. The van der Waals surface area contributed by atoms with Crippen LogP contribution in [0.25, 0.3) is 5.69 Å². The Balaban J connectivity index is 1.47. The number of amides is 2. The van der Waals surface area contributed by atoms with E-state index in [0.717, 1.165) is 24.2 Å². The molecule has 3 heterocycles. The van der Waals surface area contributed by atoms with Gasteiger partial charge in [-0.3, -0.25) is 5.32 Å². The summed E-state index contributed by atoms with van der Waals surface area (Å²) in [5.74, 6) is 0.412. The molecule has 0 bridgehead atoms. The summed E-state index contributed by atoms with van der Waals surface area (Å²) in [5, 5.41) is 15.2. The number of anilines is 1. The third kappa shape index (κ3) is 2.73. The van der Waals surface area contributed by atoms with Gasteiger partial charge in [0.05, 0.1) is 17.9 Å². The van der Waals surface area contributed by atoms with Gasteiger partial charge >= 0.3 is 6.03 Å². The summed E-state index contributed by atoms with van der Waals surface area (Å²) >= 11 is 0. The number of nitrogens with zero attached hydrogens (tertiary/aromatic N) is 5. The van der Waals surface area contributed by atoms with Crippen molar-refractivity contribution in [3.63, 3.8) is 0 Å². The monoisotopic (exact) mass is 324 g/mol. The third-order valence-electron chi connectivity index (χ3n) is 4.03. The van der Waals surface area contributed by atoms with Gasteiger partial charge in [0.1, 0.15) is 12.0 Å². The zero-order valence-electron chi connectivity index (χ0n) is 12.9. The van der Waals surface area contributed by atoms with Crippen LogP contribution < -0.4 is 5.32 Å². The van der Waals surface area contributed by atoms with E-state index in [0.29, 0.717) is 12.4 Å². The van der Waals surface area contributed by atoms with Gasteiger partial charge in [0, 0.05) is 12.6 Å². The predicted molar refractivity (Wildman–Crippen MR) is 85.6 cm³/mol. The predicted octanol–water partition coefficient (Wildman–Crippen LogP) is 2.62. The molecule has 122 valence electrons. The highest BCUT2D eigenvalue weighted by Gasteiger charge is 2.32. The second-order valence-corrected chi connectivity index (χ2v) is 5.56. The van der Waals surface area contributed by atoms with Crippen LogP contribution in [0.4, 0.5) is 10.6 Å². The fourth-order valence-electron chi connectivity index (χ4n) is 2.90. The lowest BCUT2D eigenvalue weighted by Gasteiger charge is -2.22. The zero-order chi connectivity index (χ0) is 16.4. The smallest absolute Gasteiger partial charge is 0.323 e. The molecule has 2 amide bonds. The number of urea groups is 1. The van der Waals surface area contributed by atoms with Crippen molar-refractivity contribution in [2.75, 3.05) is 11.9 Å². The molecule has 0 radical (unpaired) electrons. The highest BCUT2D eigenvalue weighted by atomic mass is 16.5. The molecule has 4 rings (SSSR count). The Morgan fingerprint density at radius 2 is 2.12 bits per heavy atom. The number of carbonyl (C=O) groups excluding carboxylic acids is 1. The molecular formula is C16H16N6O2. The summed E-state index contributed by atoms with van der Waals surface area (Å²) in [5.41, 5.74) is 1.61. The number of hydrogen-bond donors (Lipinski definition) is 1. The second-order valence-electron chi connectivity index (χ2n) is 5.56. The molecule has 0 saturated carbocycles. The van der Waals surface area contributed by atoms with Crippen molar-refractivity contribution >= 4 is 11.8 Å². The van der Waals surface area contributed by atoms with E-state index in [1.807, 2.05) is 30.3 Å². The van der Waals surface area contributed by atoms with Gasteiger partial charge in [0.25, 0.3) is 0 Å². The van der Waals surface area contributed by atoms with E-state index in [4.69, 9.17) is 4.52 Å². The van der Waals surface area contributed by atoms with Gasteiger partial charge in [0.15, 0.2) is 5.82 Å². The van der Waals surface area contributed by atoms with E-state index < -0.39 is 0 Å². The van der Waals surface area contributed by atoms with Crippen LogP contribution in [0.15, 0.2) is 53.4 Å². The van der Waals surface area contributed by atoms with Crippen molar-refractivity contribution in [2.45, 2.75) is 18.9 Å². The maximum absolute atomic E-state index is 12.5. The normalized spacial score (nSPS) is 17.2. The van der Waals surface area contributed by atoms with Gasteiger partial charge in [-0.15, -0.1) is 9.90 Å². The molecule has 2 aromatic heterocycles. The first-order valence-electron chi connectivity index (χ1n) is 7.77. The van der Waals surface area contributed by atoms with Crippen LogP contribution in [0.2, 0.25) is 0 Å². The van der Waals surface area contributed by atoms with Crippen LogP contribution in [0.5, 0.6) is 0 Å². The van der Waals surface area contributed by atoms with Crippen LogP contribution in [0.1, 0.15) is 24.6 Å². The highest BCUT2D eigenvalue weighted by Crippen LogP contribution is 2.31. The average molecular weight is 324 g/mol. The molecular weight excluding hydrogens is 308 g/mol. The largest absolute Gasteiger partial charge is 0.364 e. The van der Waals surface area contributed by atoms with E-state index in [9.17, 15) is 4.79 Å². The van der Waals surface area contributed by atoms with E-state index in [-0.39, 0.29) is 12.1 Å². The molecule has 1 aromatic carbocycles. The van der Waals surface area contributed by atoms with Gasteiger partial charge < -0.3 is 9.42 Å². The first-order chi connectivity index (χ1) is 11.8. The Morgan fingerprint density at radius 3 is 2.92 bits per heavy atom. The lowest BCUT2D eigenvalue weighted by molar-refractivity contribution is 0.204. The maximum atomic E-state index is 12.5. The van der Waals surface area contributed by atoms with E-state index in [1.54, 1.807) is 11.0 Å². The number of carbonyl (C=O) groups is 1. The molecule has 0 unspecified atom stereocenters. The fourth-order valence-corrected chi connectivity index (χ4v) is 2.90. The molecule has 1 fully saturated rings. The van der Waals surface area contributed by atoms with Crippen molar-refractivity contribution in [2.24, 2.45) is 0 Å². The summed E-state index contributed by atoms with van der Waals surface area (Å²) in [6.07, 6.45) is 4.86. The first-order valence-corrected chi connectivity index (χ1v) is 7.77. The molecule has 24 heavy (non-hydrogen) atoms. The van der Waals surface area contributed by atoms with Crippen LogP contribution >= 0.6 is 0 Å². The maximum Gasteiger partial charge on any atom is 0.323 e. The molecule has 1 aliphatic heterocycles. The molecule has 1 N–H and O–H groups in total.